The standard InChI is InChI=1S/C27H29N3O3/c1-32-24-9-5-8-22(16-24)29-27(31)25-18-30(15-14-26(25)28)17-20-10-12-23(13-11-20)33-19-21-6-3-2-4-7-21/h2-13,16H,14-15,17-19,28H2,1H3,(H,29,31). The van der Waals surface area contributed by atoms with Crippen molar-refractivity contribution in [3.05, 3.63) is 101 Å². The van der Waals surface area contributed by atoms with Crippen LogP contribution in [0.15, 0.2) is 90.1 Å². The number of ether oxygens (including phenoxy) is 2. The lowest BCUT2D eigenvalue weighted by Gasteiger charge is -2.29. The van der Waals surface area contributed by atoms with Gasteiger partial charge in [0, 0.05) is 43.5 Å². The van der Waals surface area contributed by atoms with Gasteiger partial charge in [0.25, 0.3) is 5.91 Å². The van der Waals surface area contributed by atoms with Gasteiger partial charge in [-0.3, -0.25) is 9.69 Å². The maximum atomic E-state index is 12.9. The van der Waals surface area contributed by atoms with Crippen molar-refractivity contribution in [3.8, 4) is 11.5 Å². The zero-order valence-electron chi connectivity index (χ0n) is 18.8. The first-order chi connectivity index (χ1) is 16.1. The number of amides is 1. The second-order valence-electron chi connectivity index (χ2n) is 8.07. The van der Waals surface area contributed by atoms with Crippen molar-refractivity contribution in [1.29, 1.82) is 0 Å². The second kappa shape index (κ2) is 10.7. The molecule has 0 spiro atoms. The molecule has 6 nitrogen and oxygen atoms in total. The van der Waals surface area contributed by atoms with Gasteiger partial charge < -0.3 is 20.5 Å². The quantitative estimate of drug-likeness (QED) is 0.542. The van der Waals surface area contributed by atoms with Crippen LogP contribution >= 0.6 is 0 Å². The molecule has 1 amide bonds. The topological polar surface area (TPSA) is 76.8 Å². The lowest BCUT2D eigenvalue weighted by molar-refractivity contribution is -0.113. The van der Waals surface area contributed by atoms with Crippen LogP contribution in [0.1, 0.15) is 17.5 Å². The fraction of sp³-hybridized carbons (Fsp3) is 0.222. The Balaban J connectivity index is 1.33. The van der Waals surface area contributed by atoms with Crippen molar-refractivity contribution in [2.24, 2.45) is 5.73 Å². The predicted molar refractivity (Wildman–Crippen MR) is 130 cm³/mol. The van der Waals surface area contributed by atoms with E-state index in [4.69, 9.17) is 15.2 Å². The summed E-state index contributed by atoms with van der Waals surface area (Å²) in [5.74, 6) is 1.36. The molecule has 0 atom stereocenters. The summed E-state index contributed by atoms with van der Waals surface area (Å²) in [6, 6.07) is 25.5. The van der Waals surface area contributed by atoms with Crippen LogP contribution < -0.4 is 20.5 Å². The molecule has 6 heteroatoms. The molecule has 1 aliphatic rings. The molecule has 1 heterocycles. The third-order valence-corrected chi connectivity index (χ3v) is 5.65. The van der Waals surface area contributed by atoms with Gasteiger partial charge >= 0.3 is 0 Å². The maximum absolute atomic E-state index is 12.9. The van der Waals surface area contributed by atoms with Gasteiger partial charge in [-0.2, -0.15) is 0 Å². The Morgan fingerprint density at radius 2 is 1.76 bits per heavy atom. The Kier molecular flexibility index (Phi) is 7.27. The summed E-state index contributed by atoms with van der Waals surface area (Å²) < 4.78 is 11.1. The van der Waals surface area contributed by atoms with Crippen LogP contribution in [0.3, 0.4) is 0 Å². The number of nitrogens with zero attached hydrogens (tertiary/aromatic N) is 1. The van der Waals surface area contributed by atoms with Gasteiger partial charge in [-0.25, -0.2) is 0 Å². The Hall–Kier alpha value is -3.77. The Labute approximate surface area is 194 Å². The van der Waals surface area contributed by atoms with Gasteiger partial charge in [-0.1, -0.05) is 48.5 Å². The van der Waals surface area contributed by atoms with Crippen LogP contribution in [-0.2, 0) is 17.9 Å². The minimum Gasteiger partial charge on any atom is -0.497 e. The summed E-state index contributed by atoms with van der Waals surface area (Å²) in [6.45, 7) is 2.60. The van der Waals surface area contributed by atoms with E-state index in [1.54, 1.807) is 13.2 Å². The molecule has 33 heavy (non-hydrogen) atoms. The summed E-state index contributed by atoms with van der Waals surface area (Å²) in [4.78, 5) is 15.1. The van der Waals surface area contributed by atoms with Crippen LogP contribution in [0.5, 0.6) is 11.5 Å². The van der Waals surface area contributed by atoms with Gasteiger partial charge in [0.2, 0.25) is 0 Å². The van der Waals surface area contributed by atoms with E-state index in [1.807, 2.05) is 60.7 Å². The van der Waals surface area contributed by atoms with E-state index in [2.05, 4.69) is 22.3 Å². The molecule has 3 N–H and O–H groups in total. The van der Waals surface area contributed by atoms with E-state index in [-0.39, 0.29) is 5.91 Å². The van der Waals surface area contributed by atoms with Crippen LogP contribution in [0.2, 0.25) is 0 Å². The summed E-state index contributed by atoms with van der Waals surface area (Å²) in [6.07, 6.45) is 0.666. The van der Waals surface area contributed by atoms with Crippen LogP contribution in [0.25, 0.3) is 0 Å². The minimum atomic E-state index is -0.171. The van der Waals surface area contributed by atoms with E-state index >= 15 is 0 Å². The molecule has 0 fully saturated rings. The van der Waals surface area contributed by atoms with Gasteiger partial charge in [0.1, 0.15) is 18.1 Å². The molecule has 0 bridgehead atoms. The molecule has 0 aliphatic carbocycles. The number of hydrogen-bond donors (Lipinski definition) is 2. The monoisotopic (exact) mass is 443 g/mol. The number of methoxy groups -OCH3 is 1. The molecule has 0 aromatic heterocycles. The predicted octanol–water partition coefficient (Wildman–Crippen LogP) is 4.33. The highest BCUT2D eigenvalue weighted by molar-refractivity contribution is 6.04. The third-order valence-electron chi connectivity index (χ3n) is 5.65. The van der Waals surface area contributed by atoms with E-state index in [0.29, 0.717) is 42.3 Å². The number of anilines is 1. The Morgan fingerprint density at radius 3 is 2.52 bits per heavy atom. The summed E-state index contributed by atoms with van der Waals surface area (Å²) in [5, 5.41) is 2.94. The van der Waals surface area contributed by atoms with Crippen molar-refractivity contribution >= 4 is 11.6 Å². The lowest BCUT2D eigenvalue weighted by Crippen LogP contribution is -2.37. The van der Waals surface area contributed by atoms with Gasteiger partial charge in [0.05, 0.1) is 12.7 Å². The van der Waals surface area contributed by atoms with E-state index < -0.39 is 0 Å². The number of rotatable bonds is 8. The second-order valence-corrected chi connectivity index (χ2v) is 8.07. The van der Waals surface area contributed by atoms with Crippen molar-refractivity contribution in [1.82, 2.24) is 4.90 Å². The fourth-order valence-electron chi connectivity index (χ4n) is 3.78. The first-order valence-corrected chi connectivity index (χ1v) is 11.0. The minimum absolute atomic E-state index is 0.171. The summed E-state index contributed by atoms with van der Waals surface area (Å²) >= 11 is 0. The molecule has 0 saturated heterocycles. The first kappa shape index (κ1) is 22.4. The highest BCUT2D eigenvalue weighted by atomic mass is 16.5. The molecule has 0 saturated carbocycles. The number of hydrogen-bond acceptors (Lipinski definition) is 5. The molecule has 1 aliphatic heterocycles. The number of nitrogens with one attached hydrogen (secondary N) is 1. The molecule has 4 rings (SSSR count). The third kappa shape index (κ3) is 6.14. The fourth-order valence-corrected chi connectivity index (χ4v) is 3.78. The number of nitrogens with two attached hydrogens (primary N) is 1. The number of carbonyl (C=O) groups is 1. The normalized spacial score (nSPS) is 14.1. The van der Waals surface area contributed by atoms with E-state index in [0.717, 1.165) is 30.0 Å². The number of benzene rings is 3. The van der Waals surface area contributed by atoms with Crippen molar-refractivity contribution < 1.29 is 14.3 Å². The first-order valence-electron chi connectivity index (χ1n) is 11.0. The largest absolute Gasteiger partial charge is 0.497 e. The molecule has 0 unspecified atom stereocenters. The molecule has 170 valence electrons. The van der Waals surface area contributed by atoms with E-state index in [1.165, 1.54) is 0 Å². The van der Waals surface area contributed by atoms with Gasteiger partial charge in [-0.15, -0.1) is 0 Å². The van der Waals surface area contributed by atoms with E-state index in [9.17, 15) is 4.79 Å². The van der Waals surface area contributed by atoms with Crippen LogP contribution in [-0.4, -0.2) is 31.0 Å². The SMILES string of the molecule is COc1cccc(NC(=O)C2=C(N)CCN(Cc3ccc(OCc4ccccc4)cc3)C2)c1. The molecular formula is C27H29N3O3. The van der Waals surface area contributed by atoms with Gasteiger partial charge in [-0.05, 0) is 35.4 Å². The Bertz CT molecular complexity index is 1110. The Morgan fingerprint density at radius 1 is 0.970 bits per heavy atom. The van der Waals surface area contributed by atoms with Gasteiger partial charge in [0.15, 0.2) is 0 Å². The number of carbonyl (C=O) groups excluding carboxylic acids is 1. The average molecular weight is 444 g/mol. The maximum Gasteiger partial charge on any atom is 0.254 e. The zero-order chi connectivity index (χ0) is 23.0. The molecular weight excluding hydrogens is 414 g/mol. The summed E-state index contributed by atoms with van der Waals surface area (Å²) in [5.41, 5.74) is 10.4. The highest BCUT2D eigenvalue weighted by Crippen LogP contribution is 2.22. The molecule has 3 aromatic rings. The summed E-state index contributed by atoms with van der Waals surface area (Å²) in [7, 11) is 1.60. The van der Waals surface area contributed by atoms with Crippen molar-refractivity contribution in [2.45, 2.75) is 19.6 Å². The van der Waals surface area contributed by atoms with Crippen molar-refractivity contribution in [2.75, 3.05) is 25.5 Å². The molecule has 0 radical (unpaired) electrons. The average Bonchev–Trinajstić information content (AvgIpc) is 2.85. The van der Waals surface area contributed by atoms with Crippen LogP contribution in [0.4, 0.5) is 5.69 Å². The smallest absolute Gasteiger partial charge is 0.254 e. The lowest BCUT2D eigenvalue weighted by atomic mass is 10.0. The highest BCUT2D eigenvalue weighted by Gasteiger charge is 2.23. The zero-order valence-corrected chi connectivity index (χ0v) is 18.8. The molecule has 3 aromatic carbocycles. The van der Waals surface area contributed by atoms with Crippen LogP contribution in [0, 0.1) is 0 Å². The van der Waals surface area contributed by atoms with Crippen molar-refractivity contribution in [3.63, 3.8) is 0 Å².